The first-order valence-electron chi connectivity index (χ1n) is 6.79. The predicted molar refractivity (Wildman–Crippen MR) is 99.8 cm³/mol. The maximum Gasteiger partial charge on any atom is 0.188 e. The molecule has 0 aliphatic rings. The molecule has 0 aliphatic carbocycles. The standard InChI is InChI=1S/C15H17F2N3OS.HI/c16-13-4-3-11(10-14(13)17)21-8-7-20-15(18)19-6-5-12-2-1-9-22-12;/h1-4,9-10H,5-8H2,(H3,18,19,20);1H. The fourth-order valence-electron chi connectivity index (χ4n) is 1.71. The summed E-state index contributed by atoms with van der Waals surface area (Å²) in [6.07, 6.45) is 0.853. The average Bonchev–Trinajstić information content (AvgIpc) is 3.00. The summed E-state index contributed by atoms with van der Waals surface area (Å²) in [5.74, 6) is -1.22. The number of thiophene rings is 1. The molecule has 3 N–H and O–H groups in total. The summed E-state index contributed by atoms with van der Waals surface area (Å²) in [6, 6.07) is 7.46. The number of hydrogen-bond donors (Lipinski definition) is 2. The molecule has 0 amide bonds. The van der Waals surface area contributed by atoms with E-state index >= 15 is 0 Å². The number of rotatable bonds is 7. The van der Waals surface area contributed by atoms with Crippen LogP contribution >= 0.6 is 35.3 Å². The third-order valence-corrected chi connectivity index (χ3v) is 3.72. The van der Waals surface area contributed by atoms with Crippen LogP contribution in [0.3, 0.4) is 0 Å². The lowest BCUT2D eigenvalue weighted by Gasteiger charge is -2.08. The molecule has 23 heavy (non-hydrogen) atoms. The van der Waals surface area contributed by atoms with Crippen LogP contribution in [0.2, 0.25) is 0 Å². The lowest BCUT2D eigenvalue weighted by molar-refractivity contribution is 0.319. The van der Waals surface area contributed by atoms with Crippen LogP contribution in [-0.4, -0.2) is 25.7 Å². The van der Waals surface area contributed by atoms with Gasteiger partial charge in [0.1, 0.15) is 12.4 Å². The van der Waals surface area contributed by atoms with E-state index in [1.54, 1.807) is 11.3 Å². The maximum absolute atomic E-state index is 13.0. The van der Waals surface area contributed by atoms with E-state index in [0.29, 0.717) is 19.0 Å². The Hall–Kier alpha value is -1.42. The molecule has 1 aromatic carbocycles. The van der Waals surface area contributed by atoms with Crippen molar-refractivity contribution in [1.29, 1.82) is 0 Å². The minimum absolute atomic E-state index is 0. The minimum Gasteiger partial charge on any atom is -0.492 e. The molecular formula is C15H18F2IN3OS. The summed E-state index contributed by atoms with van der Waals surface area (Å²) in [7, 11) is 0. The number of ether oxygens (including phenoxy) is 1. The first-order chi connectivity index (χ1) is 10.6. The van der Waals surface area contributed by atoms with E-state index < -0.39 is 11.6 Å². The second-order valence-corrected chi connectivity index (χ2v) is 5.48. The highest BCUT2D eigenvalue weighted by Gasteiger charge is 2.03. The predicted octanol–water partition coefficient (Wildman–Crippen LogP) is 3.17. The fourth-order valence-corrected chi connectivity index (χ4v) is 2.41. The Bertz CT molecular complexity index is 623. The molecule has 0 bridgehead atoms. The van der Waals surface area contributed by atoms with Crippen molar-refractivity contribution in [2.75, 3.05) is 19.7 Å². The Morgan fingerprint density at radius 3 is 2.78 bits per heavy atom. The molecule has 0 atom stereocenters. The number of halogens is 3. The normalized spacial score (nSPS) is 11.0. The van der Waals surface area contributed by atoms with Gasteiger partial charge in [-0.15, -0.1) is 35.3 Å². The van der Waals surface area contributed by atoms with Crippen molar-refractivity contribution in [2.24, 2.45) is 10.7 Å². The molecule has 2 aromatic rings. The van der Waals surface area contributed by atoms with Gasteiger partial charge >= 0.3 is 0 Å². The monoisotopic (exact) mass is 453 g/mol. The van der Waals surface area contributed by atoms with Gasteiger partial charge in [-0.3, -0.25) is 4.99 Å². The zero-order chi connectivity index (χ0) is 15.8. The molecule has 1 aromatic heterocycles. The van der Waals surface area contributed by atoms with E-state index in [-0.39, 0.29) is 36.3 Å². The van der Waals surface area contributed by atoms with Gasteiger partial charge in [0.25, 0.3) is 0 Å². The maximum atomic E-state index is 13.0. The molecule has 0 saturated heterocycles. The molecule has 0 spiro atoms. The van der Waals surface area contributed by atoms with Crippen LogP contribution in [0, 0.1) is 11.6 Å². The van der Waals surface area contributed by atoms with Crippen LogP contribution in [0.25, 0.3) is 0 Å². The van der Waals surface area contributed by atoms with Gasteiger partial charge in [0, 0.05) is 23.9 Å². The van der Waals surface area contributed by atoms with Crippen LogP contribution in [0.15, 0.2) is 40.7 Å². The molecule has 4 nitrogen and oxygen atoms in total. The molecule has 0 radical (unpaired) electrons. The Morgan fingerprint density at radius 1 is 1.26 bits per heavy atom. The number of nitrogens with zero attached hydrogens (tertiary/aromatic N) is 1. The summed E-state index contributed by atoms with van der Waals surface area (Å²) in [6.45, 7) is 1.31. The highest BCUT2D eigenvalue weighted by atomic mass is 127. The summed E-state index contributed by atoms with van der Waals surface area (Å²) < 4.78 is 31.0. The van der Waals surface area contributed by atoms with E-state index in [4.69, 9.17) is 10.5 Å². The quantitative estimate of drug-likeness (QED) is 0.293. The molecule has 0 unspecified atom stereocenters. The van der Waals surface area contributed by atoms with E-state index in [2.05, 4.69) is 16.4 Å². The average molecular weight is 453 g/mol. The Balaban J connectivity index is 0.00000264. The molecule has 126 valence electrons. The molecule has 0 saturated carbocycles. The number of nitrogens with one attached hydrogen (secondary N) is 1. The highest BCUT2D eigenvalue weighted by molar-refractivity contribution is 14.0. The van der Waals surface area contributed by atoms with Gasteiger partial charge in [0.15, 0.2) is 17.6 Å². The van der Waals surface area contributed by atoms with E-state index in [1.165, 1.54) is 10.9 Å². The highest BCUT2D eigenvalue weighted by Crippen LogP contribution is 2.14. The molecular weight excluding hydrogens is 435 g/mol. The van der Waals surface area contributed by atoms with Crippen LogP contribution in [0.5, 0.6) is 5.75 Å². The second kappa shape index (κ2) is 10.4. The van der Waals surface area contributed by atoms with Gasteiger partial charge in [-0.1, -0.05) is 6.07 Å². The Labute approximate surface area is 154 Å². The van der Waals surface area contributed by atoms with Gasteiger partial charge in [-0.2, -0.15) is 0 Å². The summed E-state index contributed by atoms with van der Waals surface area (Å²) in [4.78, 5) is 5.46. The van der Waals surface area contributed by atoms with E-state index in [9.17, 15) is 8.78 Å². The van der Waals surface area contributed by atoms with Crippen molar-refractivity contribution in [3.8, 4) is 5.75 Å². The lowest BCUT2D eigenvalue weighted by atomic mass is 10.3. The molecule has 2 rings (SSSR count). The van der Waals surface area contributed by atoms with Crippen molar-refractivity contribution in [1.82, 2.24) is 5.32 Å². The first kappa shape index (κ1) is 19.6. The van der Waals surface area contributed by atoms with E-state index in [0.717, 1.165) is 18.6 Å². The zero-order valence-electron chi connectivity index (χ0n) is 12.3. The number of nitrogens with two attached hydrogens (primary N) is 1. The third kappa shape index (κ3) is 7.12. The Kier molecular flexibility index (Phi) is 8.85. The molecule has 1 heterocycles. The van der Waals surface area contributed by atoms with Gasteiger partial charge in [0.2, 0.25) is 0 Å². The minimum atomic E-state index is -0.930. The number of aliphatic imine (C=N–C) groups is 1. The number of guanidine groups is 1. The largest absolute Gasteiger partial charge is 0.492 e. The Morgan fingerprint density at radius 2 is 2.09 bits per heavy atom. The van der Waals surface area contributed by atoms with Crippen molar-refractivity contribution < 1.29 is 13.5 Å². The molecule has 0 fully saturated rings. The number of hydrogen-bond acceptors (Lipinski definition) is 3. The molecule has 0 aliphatic heterocycles. The van der Waals surface area contributed by atoms with Crippen molar-refractivity contribution in [3.63, 3.8) is 0 Å². The second-order valence-electron chi connectivity index (χ2n) is 4.45. The van der Waals surface area contributed by atoms with Crippen molar-refractivity contribution in [2.45, 2.75) is 6.42 Å². The van der Waals surface area contributed by atoms with Gasteiger partial charge in [-0.05, 0) is 23.6 Å². The summed E-state index contributed by atoms with van der Waals surface area (Å²) in [5.41, 5.74) is 5.71. The number of benzene rings is 1. The van der Waals surface area contributed by atoms with E-state index in [1.807, 2.05) is 11.4 Å². The summed E-state index contributed by atoms with van der Waals surface area (Å²) in [5, 5.41) is 4.92. The van der Waals surface area contributed by atoms with Gasteiger partial charge < -0.3 is 15.8 Å². The SMILES string of the molecule is I.NC(=NCCc1cccs1)NCCOc1ccc(F)c(F)c1. The molecule has 8 heteroatoms. The fraction of sp³-hybridized carbons (Fsp3) is 0.267. The van der Waals surface area contributed by atoms with Crippen molar-refractivity contribution >= 4 is 41.3 Å². The van der Waals surface area contributed by atoms with Gasteiger partial charge in [0.05, 0.1) is 6.54 Å². The lowest BCUT2D eigenvalue weighted by Crippen LogP contribution is -2.34. The van der Waals surface area contributed by atoms with Crippen LogP contribution in [0.4, 0.5) is 8.78 Å². The van der Waals surface area contributed by atoms with Crippen LogP contribution in [-0.2, 0) is 6.42 Å². The van der Waals surface area contributed by atoms with Crippen LogP contribution < -0.4 is 15.8 Å². The van der Waals surface area contributed by atoms with Crippen molar-refractivity contribution in [3.05, 3.63) is 52.2 Å². The van der Waals surface area contributed by atoms with Gasteiger partial charge in [-0.25, -0.2) is 8.78 Å². The first-order valence-corrected chi connectivity index (χ1v) is 7.67. The third-order valence-electron chi connectivity index (χ3n) is 2.79. The topological polar surface area (TPSA) is 59.6 Å². The smallest absolute Gasteiger partial charge is 0.188 e. The summed E-state index contributed by atoms with van der Waals surface area (Å²) >= 11 is 1.69. The zero-order valence-corrected chi connectivity index (χ0v) is 15.4. The van der Waals surface area contributed by atoms with Crippen LogP contribution in [0.1, 0.15) is 4.88 Å².